The number of amides is 1. The van der Waals surface area contributed by atoms with Crippen molar-refractivity contribution in [2.45, 2.75) is 29.4 Å². The normalized spacial score (nSPS) is 11.8. The Hall–Kier alpha value is -1.68. The van der Waals surface area contributed by atoms with Crippen LogP contribution in [0.25, 0.3) is 0 Å². The molecule has 0 spiro atoms. The highest BCUT2D eigenvalue weighted by Gasteiger charge is 2.22. The fourth-order valence-electron chi connectivity index (χ4n) is 2.50. The van der Waals surface area contributed by atoms with Crippen LogP contribution in [0.4, 0.5) is 14.5 Å². The third kappa shape index (κ3) is 5.22. The first kappa shape index (κ1) is 22.6. The van der Waals surface area contributed by atoms with Crippen molar-refractivity contribution in [2.75, 3.05) is 18.4 Å². The van der Waals surface area contributed by atoms with Crippen molar-refractivity contribution in [1.82, 2.24) is 4.31 Å². The summed E-state index contributed by atoms with van der Waals surface area (Å²) in [6, 6.07) is 9.88. The first-order chi connectivity index (χ1) is 13.2. The maximum absolute atomic E-state index is 12.8. The van der Waals surface area contributed by atoms with Gasteiger partial charge in [-0.3, -0.25) is 4.79 Å². The molecule has 0 aromatic heterocycles. The van der Waals surface area contributed by atoms with E-state index in [-0.39, 0.29) is 37.8 Å². The van der Waals surface area contributed by atoms with Crippen molar-refractivity contribution in [3.8, 4) is 0 Å². The van der Waals surface area contributed by atoms with E-state index in [1.165, 1.54) is 46.8 Å². The van der Waals surface area contributed by atoms with E-state index < -0.39 is 21.7 Å². The Morgan fingerprint density at radius 1 is 1.14 bits per heavy atom. The van der Waals surface area contributed by atoms with Gasteiger partial charge in [-0.15, -0.1) is 0 Å². The lowest BCUT2D eigenvalue weighted by Crippen LogP contribution is -2.30. The first-order valence-electron chi connectivity index (χ1n) is 8.35. The molecule has 0 fully saturated rings. The summed E-state index contributed by atoms with van der Waals surface area (Å²) < 4.78 is 51.8. The number of carbonyl (C=O) groups excluding carboxylic acids is 1. The molecule has 1 amide bonds. The molecule has 10 heteroatoms. The molecule has 0 atom stereocenters. The second-order valence-electron chi connectivity index (χ2n) is 5.56. The van der Waals surface area contributed by atoms with Gasteiger partial charge in [-0.1, -0.05) is 43.3 Å². The lowest BCUT2D eigenvalue weighted by Gasteiger charge is -2.18. The summed E-state index contributed by atoms with van der Waals surface area (Å²) in [6.07, 6.45) is 0. The number of nitrogens with zero attached hydrogens (tertiary/aromatic N) is 1. The smallest absolute Gasteiger partial charge is 0.289 e. The molecule has 28 heavy (non-hydrogen) atoms. The van der Waals surface area contributed by atoms with Crippen molar-refractivity contribution in [1.29, 1.82) is 0 Å². The highest BCUT2D eigenvalue weighted by atomic mass is 35.5. The number of thioether (sulfide) groups is 1. The van der Waals surface area contributed by atoms with Gasteiger partial charge in [-0.25, -0.2) is 8.42 Å². The van der Waals surface area contributed by atoms with Gasteiger partial charge in [0.2, 0.25) is 10.0 Å². The summed E-state index contributed by atoms with van der Waals surface area (Å²) >= 11 is 6.19. The van der Waals surface area contributed by atoms with Crippen molar-refractivity contribution in [2.24, 2.45) is 0 Å². The van der Waals surface area contributed by atoms with Crippen LogP contribution in [0.1, 0.15) is 24.2 Å². The predicted molar refractivity (Wildman–Crippen MR) is 108 cm³/mol. The highest BCUT2D eigenvalue weighted by Crippen LogP contribution is 2.37. The maximum Gasteiger partial charge on any atom is 0.289 e. The Morgan fingerprint density at radius 3 is 2.29 bits per heavy atom. The molecule has 1 N–H and O–H groups in total. The monoisotopic (exact) mass is 448 g/mol. The summed E-state index contributed by atoms with van der Waals surface area (Å²) in [6.45, 7) is 4.15. The van der Waals surface area contributed by atoms with E-state index in [0.717, 1.165) is 0 Å². The number of carbonyl (C=O) groups is 1. The van der Waals surface area contributed by atoms with Gasteiger partial charge in [0.15, 0.2) is 0 Å². The molecule has 0 heterocycles. The second-order valence-corrected chi connectivity index (χ2v) is 8.91. The molecule has 0 unspecified atom stereocenters. The number of alkyl halides is 2. The number of rotatable bonds is 8. The van der Waals surface area contributed by atoms with Crippen LogP contribution < -0.4 is 5.32 Å². The molecule has 0 aliphatic rings. The van der Waals surface area contributed by atoms with Crippen LogP contribution in [0.3, 0.4) is 0 Å². The van der Waals surface area contributed by atoms with E-state index in [0.29, 0.717) is 13.1 Å². The largest absolute Gasteiger partial charge is 0.321 e. The van der Waals surface area contributed by atoms with Crippen LogP contribution in [0, 0.1) is 0 Å². The molecular formula is C18H19ClF2N2O3S2. The van der Waals surface area contributed by atoms with Crippen LogP contribution in [0.15, 0.2) is 52.3 Å². The number of anilines is 1. The fourth-order valence-corrected chi connectivity index (χ4v) is 4.87. The number of sulfonamides is 1. The molecule has 0 bridgehead atoms. The summed E-state index contributed by atoms with van der Waals surface area (Å²) in [5, 5.41) is 2.64. The van der Waals surface area contributed by atoms with Crippen LogP contribution in [0.5, 0.6) is 0 Å². The van der Waals surface area contributed by atoms with E-state index >= 15 is 0 Å². The average Bonchev–Trinajstić information content (AvgIpc) is 2.65. The molecular weight excluding hydrogens is 430 g/mol. The van der Waals surface area contributed by atoms with E-state index in [9.17, 15) is 22.0 Å². The summed E-state index contributed by atoms with van der Waals surface area (Å²) in [4.78, 5) is 12.6. The number of hydrogen-bond acceptors (Lipinski definition) is 4. The quantitative estimate of drug-likeness (QED) is 0.581. The molecule has 0 saturated heterocycles. The van der Waals surface area contributed by atoms with Gasteiger partial charge in [0.1, 0.15) is 0 Å². The molecule has 2 aromatic carbocycles. The standard InChI is InChI=1S/C18H19ClF2N2O3S2/c1-3-23(4-2)28(25,26)13-10-8-12(9-11-13)17(24)22-15-7-5-6-14(19)16(15)27-18(20)21/h5-11,18H,3-4H2,1-2H3,(H,22,24). The van der Waals surface area contributed by atoms with Gasteiger partial charge in [0.05, 0.1) is 20.5 Å². The third-order valence-electron chi connectivity index (χ3n) is 3.88. The molecule has 0 saturated carbocycles. The van der Waals surface area contributed by atoms with E-state index in [1.54, 1.807) is 13.8 Å². The zero-order valence-electron chi connectivity index (χ0n) is 15.2. The molecule has 0 aliphatic carbocycles. The Bertz CT molecular complexity index is 934. The van der Waals surface area contributed by atoms with Gasteiger partial charge in [-0.05, 0) is 36.4 Å². The number of nitrogens with one attached hydrogen (secondary N) is 1. The number of benzene rings is 2. The van der Waals surface area contributed by atoms with Crippen molar-refractivity contribution < 1.29 is 22.0 Å². The molecule has 2 aromatic rings. The van der Waals surface area contributed by atoms with Gasteiger partial charge in [0.25, 0.3) is 11.7 Å². The molecule has 0 aliphatic heterocycles. The lowest BCUT2D eigenvalue weighted by atomic mass is 10.2. The van der Waals surface area contributed by atoms with Gasteiger partial charge in [-0.2, -0.15) is 13.1 Å². The number of halogens is 3. The van der Waals surface area contributed by atoms with Gasteiger partial charge >= 0.3 is 0 Å². The molecule has 2 rings (SSSR count). The Balaban J connectivity index is 2.24. The van der Waals surface area contributed by atoms with Crippen molar-refractivity contribution in [3.63, 3.8) is 0 Å². The summed E-state index contributed by atoms with van der Waals surface area (Å²) in [7, 11) is -3.63. The van der Waals surface area contributed by atoms with Crippen LogP contribution in [-0.4, -0.2) is 37.5 Å². The van der Waals surface area contributed by atoms with E-state index in [2.05, 4.69) is 5.32 Å². The minimum atomic E-state index is -3.63. The Morgan fingerprint density at radius 2 is 1.75 bits per heavy atom. The van der Waals surface area contributed by atoms with Gasteiger partial charge in [0, 0.05) is 18.7 Å². The van der Waals surface area contributed by atoms with Gasteiger partial charge < -0.3 is 5.32 Å². The Labute approximate surface area is 172 Å². The minimum Gasteiger partial charge on any atom is -0.321 e. The second kappa shape index (κ2) is 9.69. The fraction of sp³-hybridized carbons (Fsp3) is 0.278. The van der Waals surface area contributed by atoms with Crippen molar-refractivity contribution in [3.05, 3.63) is 53.1 Å². The zero-order valence-corrected chi connectivity index (χ0v) is 17.5. The SMILES string of the molecule is CCN(CC)S(=O)(=O)c1ccc(C(=O)Nc2cccc(Cl)c2SC(F)F)cc1. The van der Waals surface area contributed by atoms with Crippen LogP contribution >= 0.6 is 23.4 Å². The van der Waals surface area contributed by atoms with E-state index in [1.807, 2.05) is 0 Å². The molecule has 5 nitrogen and oxygen atoms in total. The summed E-state index contributed by atoms with van der Waals surface area (Å²) in [5.74, 6) is -3.26. The zero-order chi connectivity index (χ0) is 20.9. The third-order valence-corrected chi connectivity index (χ3v) is 7.23. The number of hydrogen-bond donors (Lipinski definition) is 1. The minimum absolute atomic E-state index is 0.0632. The molecule has 0 radical (unpaired) electrons. The first-order valence-corrected chi connectivity index (χ1v) is 11.0. The van der Waals surface area contributed by atoms with Crippen LogP contribution in [-0.2, 0) is 10.0 Å². The summed E-state index contributed by atoms with van der Waals surface area (Å²) in [5.41, 5.74) is 0.342. The topological polar surface area (TPSA) is 66.5 Å². The van der Waals surface area contributed by atoms with Crippen molar-refractivity contribution >= 4 is 45.0 Å². The van der Waals surface area contributed by atoms with E-state index in [4.69, 9.17) is 11.6 Å². The average molecular weight is 449 g/mol. The lowest BCUT2D eigenvalue weighted by molar-refractivity contribution is 0.102. The van der Waals surface area contributed by atoms with Crippen LogP contribution in [0.2, 0.25) is 5.02 Å². The molecule has 152 valence electrons. The highest BCUT2D eigenvalue weighted by molar-refractivity contribution is 7.99. The maximum atomic E-state index is 12.8. The predicted octanol–water partition coefficient (Wildman–Crippen LogP) is 4.94. The Kier molecular flexibility index (Phi) is 7.82.